The monoisotopic (exact) mass is 491 g/mol. The van der Waals surface area contributed by atoms with Gasteiger partial charge in [0.1, 0.15) is 0 Å². The summed E-state index contributed by atoms with van der Waals surface area (Å²) in [5.41, 5.74) is 4.19. The summed E-state index contributed by atoms with van der Waals surface area (Å²) in [7, 11) is 0. The first kappa shape index (κ1) is 23.6. The van der Waals surface area contributed by atoms with Crippen LogP contribution in [0.15, 0.2) is 53.6 Å². The number of carbonyl (C=O) groups is 2. The summed E-state index contributed by atoms with van der Waals surface area (Å²) in [5, 5.41) is 4.76. The molecule has 3 aromatic rings. The molecule has 0 radical (unpaired) electrons. The van der Waals surface area contributed by atoms with Gasteiger partial charge in [-0.05, 0) is 36.1 Å². The Morgan fingerprint density at radius 1 is 1.03 bits per heavy atom. The molecule has 9 heteroatoms. The van der Waals surface area contributed by atoms with E-state index < -0.39 is 0 Å². The van der Waals surface area contributed by atoms with Crippen LogP contribution in [0.1, 0.15) is 33.0 Å². The molecule has 0 N–H and O–H groups in total. The third kappa shape index (κ3) is 5.26. The zero-order chi connectivity index (χ0) is 24.2. The number of ether oxygens (including phenoxy) is 1. The number of rotatable bonds is 6. The Hall–Kier alpha value is -3.17. The molecule has 2 amide bonds. The number of pyridine rings is 1. The van der Waals surface area contributed by atoms with Crippen LogP contribution in [0, 0.1) is 0 Å². The van der Waals surface area contributed by atoms with E-state index in [1.165, 1.54) is 4.90 Å². The molecule has 0 unspecified atom stereocenters. The summed E-state index contributed by atoms with van der Waals surface area (Å²) in [6, 6.07) is 13.9. The van der Waals surface area contributed by atoms with Crippen molar-refractivity contribution in [2.75, 3.05) is 39.1 Å². The molecule has 1 saturated heterocycles. The van der Waals surface area contributed by atoms with Crippen LogP contribution in [0.5, 0.6) is 0 Å². The lowest BCUT2D eigenvalue weighted by Crippen LogP contribution is -2.42. The van der Waals surface area contributed by atoms with Crippen LogP contribution in [-0.2, 0) is 35.5 Å². The number of carbonyl (C=O) groups excluding carboxylic acids is 2. The molecule has 0 spiro atoms. The topological polar surface area (TPSA) is 80.6 Å². The van der Waals surface area contributed by atoms with Gasteiger partial charge in [-0.25, -0.2) is 0 Å². The molecule has 4 heterocycles. The molecule has 2 aliphatic heterocycles. The molecule has 0 aliphatic carbocycles. The number of thioether (sulfide) groups is 1. The molecule has 35 heavy (non-hydrogen) atoms. The summed E-state index contributed by atoms with van der Waals surface area (Å²) < 4.78 is 7.32. The standard InChI is InChI=1S/C26H29N5O3S/c1-35-21-7-5-19(6-8-21)16-24(32)30-11-9-23-22(18-30)25(26(33)29-12-14-34-15-13-29)28-31(23)17-20-4-2-3-10-27-20/h2-8,10H,9,11-18H2,1H3. The molecule has 182 valence electrons. The number of morpholine rings is 1. The van der Waals surface area contributed by atoms with E-state index in [1.54, 1.807) is 22.9 Å². The normalized spacial score (nSPS) is 15.7. The number of hydrogen-bond acceptors (Lipinski definition) is 6. The highest BCUT2D eigenvalue weighted by molar-refractivity contribution is 7.98. The van der Waals surface area contributed by atoms with Crippen molar-refractivity contribution in [3.63, 3.8) is 0 Å². The lowest BCUT2D eigenvalue weighted by molar-refractivity contribution is -0.131. The predicted octanol–water partition coefficient (Wildman–Crippen LogP) is 2.65. The van der Waals surface area contributed by atoms with Gasteiger partial charge in [0.25, 0.3) is 5.91 Å². The minimum atomic E-state index is -0.0914. The van der Waals surface area contributed by atoms with E-state index in [4.69, 9.17) is 9.84 Å². The van der Waals surface area contributed by atoms with Gasteiger partial charge < -0.3 is 14.5 Å². The number of aromatic nitrogens is 3. The van der Waals surface area contributed by atoms with E-state index in [9.17, 15) is 9.59 Å². The van der Waals surface area contributed by atoms with E-state index in [0.717, 1.165) is 22.5 Å². The number of nitrogens with zero attached hydrogens (tertiary/aromatic N) is 5. The average Bonchev–Trinajstić information content (AvgIpc) is 3.27. The fourth-order valence-electron chi connectivity index (χ4n) is 4.60. The zero-order valence-corrected chi connectivity index (χ0v) is 20.7. The highest BCUT2D eigenvalue weighted by Gasteiger charge is 2.32. The van der Waals surface area contributed by atoms with Crippen molar-refractivity contribution in [2.45, 2.75) is 30.8 Å². The maximum atomic E-state index is 13.4. The van der Waals surface area contributed by atoms with E-state index in [0.29, 0.717) is 64.5 Å². The van der Waals surface area contributed by atoms with Crippen LogP contribution < -0.4 is 0 Å². The smallest absolute Gasteiger partial charge is 0.274 e. The molecular weight excluding hydrogens is 462 g/mol. The Morgan fingerprint density at radius 2 is 1.83 bits per heavy atom. The molecule has 2 aliphatic rings. The largest absolute Gasteiger partial charge is 0.378 e. The first-order chi connectivity index (χ1) is 17.1. The van der Waals surface area contributed by atoms with Crippen LogP contribution in [0.3, 0.4) is 0 Å². The Labute approximate surface area is 209 Å². The third-order valence-electron chi connectivity index (χ3n) is 6.54. The maximum absolute atomic E-state index is 13.4. The van der Waals surface area contributed by atoms with E-state index in [-0.39, 0.29) is 11.8 Å². The van der Waals surface area contributed by atoms with E-state index in [1.807, 2.05) is 58.3 Å². The predicted molar refractivity (Wildman–Crippen MR) is 133 cm³/mol. The highest BCUT2D eigenvalue weighted by Crippen LogP contribution is 2.26. The molecule has 5 rings (SSSR count). The summed E-state index contributed by atoms with van der Waals surface area (Å²) >= 11 is 1.68. The Balaban J connectivity index is 1.39. The highest BCUT2D eigenvalue weighted by atomic mass is 32.2. The van der Waals surface area contributed by atoms with Crippen molar-refractivity contribution in [3.05, 3.63) is 76.9 Å². The number of benzene rings is 1. The van der Waals surface area contributed by atoms with Gasteiger partial charge in [-0.1, -0.05) is 18.2 Å². The van der Waals surface area contributed by atoms with Crippen molar-refractivity contribution in [1.29, 1.82) is 0 Å². The SMILES string of the molecule is CSc1ccc(CC(=O)N2CCc3c(c(C(=O)N4CCOCC4)nn3Cc3ccccn3)C2)cc1. The van der Waals surface area contributed by atoms with Crippen molar-refractivity contribution >= 4 is 23.6 Å². The van der Waals surface area contributed by atoms with Gasteiger partial charge in [-0.15, -0.1) is 11.8 Å². The van der Waals surface area contributed by atoms with Gasteiger partial charge in [0, 0.05) is 54.9 Å². The molecule has 8 nitrogen and oxygen atoms in total. The molecule has 1 aromatic carbocycles. The second-order valence-corrected chi connectivity index (χ2v) is 9.63. The molecule has 0 saturated carbocycles. The summed E-state index contributed by atoms with van der Waals surface area (Å²) in [5.74, 6) is -0.0268. The summed E-state index contributed by atoms with van der Waals surface area (Å²) in [6.45, 7) is 3.66. The van der Waals surface area contributed by atoms with E-state index >= 15 is 0 Å². The molecular formula is C26H29N5O3S. The van der Waals surface area contributed by atoms with Gasteiger partial charge in [-0.2, -0.15) is 5.10 Å². The second kappa shape index (κ2) is 10.6. The van der Waals surface area contributed by atoms with Crippen molar-refractivity contribution in [2.24, 2.45) is 0 Å². The second-order valence-electron chi connectivity index (χ2n) is 8.75. The van der Waals surface area contributed by atoms with Gasteiger partial charge in [0.2, 0.25) is 5.91 Å². The first-order valence-corrected chi connectivity index (χ1v) is 13.1. The fraction of sp³-hybridized carbons (Fsp3) is 0.385. The minimum Gasteiger partial charge on any atom is -0.378 e. The fourth-order valence-corrected chi connectivity index (χ4v) is 5.01. The van der Waals surface area contributed by atoms with Crippen molar-refractivity contribution in [3.8, 4) is 0 Å². The van der Waals surface area contributed by atoms with Crippen LogP contribution in [0.4, 0.5) is 0 Å². The number of amides is 2. The number of fused-ring (bicyclic) bond motifs is 1. The minimum absolute atomic E-state index is 0.0646. The third-order valence-corrected chi connectivity index (χ3v) is 7.28. The summed E-state index contributed by atoms with van der Waals surface area (Å²) in [6.07, 6.45) is 4.80. The average molecular weight is 492 g/mol. The van der Waals surface area contributed by atoms with Crippen molar-refractivity contribution < 1.29 is 14.3 Å². The summed E-state index contributed by atoms with van der Waals surface area (Å²) in [4.78, 5) is 35.9. The first-order valence-electron chi connectivity index (χ1n) is 11.9. The van der Waals surface area contributed by atoms with Crippen LogP contribution in [-0.4, -0.2) is 75.5 Å². The van der Waals surface area contributed by atoms with Gasteiger partial charge in [0.05, 0.1) is 31.9 Å². The number of hydrogen-bond donors (Lipinski definition) is 0. The Bertz CT molecular complexity index is 1190. The Kier molecular flexibility index (Phi) is 7.15. The Morgan fingerprint density at radius 3 is 2.54 bits per heavy atom. The van der Waals surface area contributed by atoms with Crippen LogP contribution in [0.25, 0.3) is 0 Å². The lowest BCUT2D eigenvalue weighted by atomic mass is 10.0. The maximum Gasteiger partial charge on any atom is 0.274 e. The van der Waals surface area contributed by atoms with Crippen LogP contribution in [0.2, 0.25) is 0 Å². The molecule has 1 fully saturated rings. The molecule has 0 bridgehead atoms. The molecule has 2 aromatic heterocycles. The van der Waals surface area contributed by atoms with Gasteiger partial charge in [0.15, 0.2) is 5.69 Å². The van der Waals surface area contributed by atoms with Gasteiger partial charge in [-0.3, -0.25) is 19.3 Å². The lowest BCUT2D eigenvalue weighted by Gasteiger charge is -2.29. The van der Waals surface area contributed by atoms with Gasteiger partial charge >= 0.3 is 0 Å². The molecule has 0 atom stereocenters. The zero-order valence-electron chi connectivity index (χ0n) is 19.9. The van der Waals surface area contributed by atoms with Crippen molar-refractivity contribution in [1.82, 2.24) is 24.6 Å². The van der Waals surface area contributed by atoms with Crippen LogP contribution >= 0.6 is 11.8 Å². The quantitative estimate of drug-likeness (QED) is 0.493. The van der Waals surface area contributed by atoms with E-state index in [2.05, 4.69) is 4.98 Å².